The van der Waals surface area contributed by atoms with E-state index in [2.05, 4.69) is 5.10 Å². The predicted octanol–water partition coefficient (Wildman–Crippen LogP) is 2.86. The van der Waals surface area contributed by atoms with Crippen molar-refractivity contribution in [3.8, 4) is 16.8 Å². The molecule has 0 saturated carbocycles. The smallest absolute Gasteiger partial charge is 0.350 e. The van der Waals surface area contributed by atoms with Gasteiger partial charge in [0.1, 0.15) is 6.33 Å². The number of rotatable bonds is 5. The van der Waals surface area contributed by atoms with Crippen LogP contribution in [0.15, 0.2) is 83.9 Å². The van der Waals surface area contributed by atoms with E-state index < -0.39 is 5.91 Å². The maximum atomic E-state index is 13.2. The number of nitrogens with two attached hydrogens (primary N) is 1. The molecule has 2 amide bonds. The van der Waals surface area contributed by atoms with Gasteiger partial charge in [0.15, 0.2) is 0 Å². The second kappa shape index (κ2) is 8.47. The van der Waals surface area contributed by atoms with Crippen LogP contribution in [0.25, 0.3) is 16.8 Å². The lowest BCUT2D eigenvalue weighted by atomic mass is 9.94. The van der Waals surface area contributed by atoms with Crippen LogP contribution in [0.2, 0.25) is 0 Å². The van der Waals surface area contributed by atoms with E-state index >= 15 is 0 Å². The Morgan fingerprint density at radius 2 is 1.71 bits per heavy atom. The molecular formula is C26H23N5O3. The van der Waals surface area contributed by atoms with E-state index in [0.717, 1.165) is 22.4 Å². The number of carbonyl (C=O) groups is 2. The number of aromatic nitrogens is 3. The first-order valence-electron chi connectivity index (χ1n) is 10.9. The SMILES string of the molecule is Cn1ncn(-c2ccc(-c3cccc(C4CCN(c5cccc(C(N)=O)c5)C4=O)c3)cc2)c1=O. The fraction of sp³-hybridized carbons (Fsp3) is 0.154. The fourth-order valence-electron chi connectivity index (χ4n) is 4.38. The number of primary amides is 1. The predicted molar refractivity (Wildman–Crippen MR) is 129 cm³/mol. The molecule has 1 aromatic heterocycles. The molecule has 1 saturated heterocycles. The Bertz CT molecular complexity index is 1450. The average Bonchev–Trinajstić information content (AvgIpc) is 3.41. The van der Waals surface area contributed by atoms with E-state index in [0.29, 0.717) is 24.2 Å². The van der Waals surface area contributed by atoms with Crippen LogP contribution < -0.4 is 16.3 Å². The van der Waals surface area contributed by atoms with Crippen molar-refractivity contribution in [2.45, 2.75) is 12.3 Å². The molecule has 1 atom stereocenters. The first-order valence-corrected chi connectivity index (χ1v) is 10.9. The third-order valence-corrected chi connectivity index (χ3v) is 6.24. The van der Waals surface area contributed by atoms with Gasteiger partial charge in [-0.25, -0.2) is 14.0 Å². The summed E-state index contributed by atoms with van der Waals surface area (Å²) < 4.78 is 2.77. The zero-order valence-corrected chi connectivity index (χ0v) is 18.6. The number of benzene rings is 3. The molecule has 0 spiro atoms. The van der Waals surface area contributed by atoms with Crippen LogP contribution in [0.1, 0.15) is 28.3 Å². The molecule has 1 aliphatic rings. The van der Waals surface area contributed by atoms with E-state index in [1.54, 1.807) is 30.1 Å². The molecule has 5 rings (SSSR count). The molecule has 1 aliphatic heterocycles. The van der Waals surface area contributed by atoms with Crippen LogP contribution in [-0.2, 0) is 11.8 Å². The largest absolute Gasteiger partial charge is 0.366 e. The summed E-state index contributed by atoms with van der Waals surface area (Å²) >= 11 is 0. The standard InChI is InChI=1S/C26H23N5O3/c1-29-26(34)31(16-28-29)21-10-8-17(9-11-21)18-4-2-5-19(14-18)23-12-13-30(25(23)33)22-7-3-6-20(15-22)24(27)32/h2-11,14-16,23H,12-13H2,1H3,(H2,27,32). The van der Waals surface area contributed by atoms with E-state index in [1.807, 2.05) is 54.6 Å². The highest BCUT2D eigenvalue weighted by Gasteiger charge is 2.34. The van der Waals surface area contributed by atoms with E-state index in [-0.39, 0.29) is 17.5 Å². The van der Waals surface area contributed by atoms with Gasteiger partial charge < -0.3 is 10.6 Å². The van der Waals surface area contributed by atoms with Crippen LogP contribution in [-0.4, -0.2) is 32.7 Å². The van der Waals surface area contributed by atoms with E-state index in [4.69, 9.17) is 5.73 Å². The van der Waals surface area contributed by atoms with Gasteiger partial charge >= 0.3 is 5.69 Å². The third-order valence-electron chi connectivity index (χ3n) is 6.24. The van der Waals surface area contributed by atoms with Crippen molar-refractivity contribution in [2.24, 2.45) is 12.8 Å². The molecule has 170 valence electrons. The van der Waals surface area contributed by atoms with Crippen LogP contribution in [0.5, 0.6) is 0 Å². The summed E-state index contributed by atoms with van der Waals surface area (Å²) in [5, 5.41) is 3.99. The van der Waals surface area contributed by atoms with Crippen molar-refractivity contribution in [3.63, 3.8) is 0 Å². The molecule has 4 aromatic rings. The van der Waals surface area contributed by atoms with Gasteiger partial charge in [-0.15, -0.1) is 0 Å². The van der Waals surface area contributed by atoms with Crippen molar-refractivity contribution >= 4 is 17.5 Å². The van der Waals surface area contributed by atoms with Gasteiger partial charge in [-0.1, -0.05) is 42.5 Å². The van der Waals surface area contributed by atoms with Crippen molar-refractivity contribution in [3.05, 3.63) is 101 Å². The minimum Gasteiger partial charge on any atom is -0.366 e. The van der Waals surface area contributed by atoms with Gasteiger partial charge in [0, 0.05) is 24.8 Å². The zero-order valence-electron chi connectivity index (χ0n) is 18.6. The summed E-state index contributed by atoms with van der Waals surface area (Å²) in [4.78, 5) is 38.6. The summed E-state index contributed by atoms with van der Waals surface area (Å²) in [7, 11) is 1.61. The normalized spacial score (nSPS) is 15.6. The van der Waals surface area contributed by atoms with Gasteiger partial charge in [-0.05, 0) is 53.4 Å². The molecule has 2 N–H and O–H groups in total. The molecule has 2 heterocycles. The second-order valence-electron chi connectivity index (χ2n) is 8.33. The van der Waals surface area contributed by atoms with Gasteiger partial charge in [0.05, 0.1) is 11.6 Å². The number of amides is 2. The lowest BCUT2D eigenvalue weighted by molar-refractivity contribution is -0.118. The monoisotopic (exact) mass is 453 g/mol. The topological polar surface area (TPSA) is 103 Å². The minimum absolute atomic E-state index is 0.00470. The van der Waals surface area contributed by atoms with Crippen LogP contribution in [0.3, 0.4) is 0 Å². The van der Waals surface area contributed by atoms with Crippen LogP contribution >= 0.6 is 0 Å². The zero-order chi connectivity index (χ0) is 23.8. The lowest BCUT2D eigenvalue weighted by Gasteiger charge is -2.18. The summed E-state index contributed by atoms with van der Waals surface area (Å²) in [6, 6.07) is 22.5. The summed E-state index contributed by atoms with van der Waals surface area (Å²) in [5.74, 6) is -0.771. The minimum atomic E-state index is -0.517. The number of hydrogen-bond acceptors (Lipinski definition) is 4. The Morgan fingerprint density at radius 1 is 0.941 bits per heavy atom. The highest BCUT2D eigenvalue weighted by atomic mass is 16.2. The van der Waals surface area contributed by atoms with Gasteiger partial charge in [0.25, 0.3) is 0 Å². The lowest BCUT2D eigenvalue weighted by Crippen LogP contribution is -2.26. The Hall–Kier alpha value is -4.46. The molecule has 1 fully saturated rings. The highest BCUT2D eigenvalue weighted by molar-refractivity contribution is 6.02. The first-order chi connectivity index (χ1) is 16.4. The molecule has 34 heavy (non-hydrogen) atoms. The molecular weight excluding hydrogens is 430 g/mol. The molecule has 0 radical (unpaired) electrons. The number of carbonyl (C=O) groups excluding carboxylic acids is 2. The summed E-state index contributed by atoms with van der Waals surface area (Å²) in [6.45, 7) is 0.574. The fourth-order valence-corrected chi connectivity index (χ4v) is 4.38. The van der Waals surface area contributed by atoms with Gasteiger partial charge in [-0.2, -0.15) is 5.10 Å². The average molecular weight is 454 g/mol. The number of hydrogen-bond donors (Lipinski definition) is 1. The number of nitrogens with zero attached hydrogens (tertiary/aromatic N) is 4. The van der Waals surface area contributed by atoms with Gasteiger partial charge in [0.2, 0.25) is 11.8 Å². The van der Waals surface area contributed by atoms with Crippen LogP contribution in [0, 0.1) is 0 Å². The van der Waals surface area contributed by atoms with Crippen molar-refractivity contribution < 1.29 is 9.59 Å². The highest BCUT2D eigenvalue weighted by Crippen LogP contribution is 2.34. The van der Waals surface area contributed by atoms with Crippen molar-refractivity contribution in [2.75, 3.05) is 11.4 Å². The molecule has 8 heteroatoms. The Balaban J connectivity index is 1.39. The maximum absolute atomic E-state index is 13.2. The second-order valence-corrected chi connectivity index (χ2v) is 8.33. The van der Waals surface area contributed by atoms with Gasteiger partial charge in [-0.3, -0.25) is 9.59 Å². The molecule has 0 bridgehead atoms. The Morgan fingerprint density at radius 3 is 2.41 bits per heavy atom. The quantitative estimate of drug-likeness (QED) is 0.502. The Kier molecular flexibility index (Phi) is 5.33. The molecule has 0 aliphatic carbocycles. The van der Waals surface area contributed by atoms with Crippen molar-refractivity contribution in [1.29, 1.82) is 0 Å². The molecule has 1 unspecified atom stereocenters. The van der Waals surface area contributed by atoms with E-state index in [9.17, 15) is 14.4 Å². The Labute approximate surface area is 195 Å². The maximum Gasteiger partial charge on any atom is 0.350 e. The molecule has 8 nitrogen and oxygen atoms in total. The third kappa shape index (κ3) is 3.79. The van der Waals surface area contributed by atoms with Crippen molar-refractivity contribution in [1.82, 2.24) is 14.3 Å². The molecule has 3 aromatic carbocycles. The number of aryl methyl sites for hydroxylation is 1. The first kappa shape index (κ1) is 21.4. The number of anilines is 1. The summed E-state index contributed by atoms with van der Waals surface area (Å²) in [6.07, 6.45) is 2.18. The summed E-state index contributed by atoms with van der Waals surface area (Å²) in [5.41, 5.74) is 9.91. The van der Waals surface area contributed by atoms with E-state index in [1.165, 1.54) is 15.6 Å². The van der Waals surface area contributed by atoms with Crippen LogP contribution in [0.4, 0.5) is 5.69 Å².